The molecule has 2 heterocycles. The number of hydrogen-bond acceptors (Lipinski definition) is 5. The van der Waals surface area contributed by atoms with E-state index in [2.05, 4.69) is 28.3 Å². The molecule has 0 N–H and O–H groups in total. The summed E-state index contributed by atoms with van der Waals surface area (Å²) in [5.74, 6) is -0.187. The summed E-state index contributed by atoms with van der Waals surface area (Å²) < 4.78 is 20.6. The zero-order valence-electron chi connectivity index (χ0n) is 17.3. The van der Waals surface area contributed by atoms with E-state index in [1.165, 1.54) is 6.33 Å². The van der Waals surface area contributed by atoms with E-state index in [1.807, 2.05) is 60.7 Å². The smallest absolute Gasteiger partial charge is 0.215 e. The first kappa shape index (κ1) is 20.7. The topological polar surface area (TPSA) is 58.4 Å². The fraction of sp³-hybridized carbons (Fsp3) is 0.200. The summed E-state index contributed by atoms with van der Waals surface area (Å²) in [5, 5.41) is 4.87. The molecule has 0 spiro atoms. The Balaban J connectivity index is 1.34. The summed E-state index contributed by atoms with van der Waals surface area (Å²) in [7, 11) is 0. The molecule has 3 aromatic carbocycles. The first-order valence-electron chi connectivity index (χ1n) is 10.4. The monoisotopic (exact) mass is 447 g/mol. The third kappa shape index (κ3) is 4.39. The molecule has 0 bridgehead atoms. The van der Waals surface area contributed by atoms with Crippen molar-refractivity contribution in [1.29, 1.82) is 0 Å². The highest BCUT2D eigenvalue weighted by Crippen LogP contribution is 2.37. The highest BCUT2D eigenvalue weighted by molar-refractivity contribution is 6.30. The molecule has 7 heteroatoms. The molecule has 0 saturated carbocycles. The van der Waals surface area contributed by atoms with Crippen LogP contribution in [0.15, 0.2) is 91.5 Å². The predicted octanol–water partition coefficient (Wildman–Crippen LogP) is 4.95. The van der Waals surface area contributed by atoms with Gasteiger partial charge < -0.3 is 14.2 Å². The number of aromatic nitrogens is 3. The maximum atomic E-state index is 6.44. The Kier molecular flexibility index (Phi) is 5.90. The summed E-state index contributed by atoms with van der Waals surface area (Å²) in [6.07, 6.45) is 2.88. The van der Waals surface area contributed by atoms with Crippen LogP contribution in [0.3, 0.4) is 0 Å². The van der Waals surface area contributed by atoms with Gasteiger partial charge in [-0.25, -0.2) is 9.67 Å². The van der Waals surface area contributed by atoms with Gasteiger partial charge in [0.05, 0.1) is 6.61 Å². The second-order valence-corrected chi connectivity index (χ2v) is 8.01. The zero-order valence-corrected chi connectivity index (χ0v) is 18.1. The minimum absolute atomic E-state index is 0.252. The lowest BCUT2D eigenvalue weighted by atomic mass is 10.1. The molecule has 1 aromatic heterocycles. The fourth-order valence-electron chi connectivity index (χ4n) is 3.84. The molecule has 32 heavy (non-hydrogen) atoms. The van der Waals surface area contributed by atoms with E-state index in [4.69, 9.17) is 25.8 Å². The van der Waals surface area contributed by atoms with E-state index in [-0.39, 0.29) is 6.10 Å². The van der Waals surface area contributed by atoms with Gasteiger partial charge in [0.2, 0.25) is 5.79 Å². The van der Waals surface area contributed by atoms with Crippen molar-refractivity contribution >= 4 is 11.6 Å². The van der Waals surface area contributed by atoms with Crippen LogP contribution in [0.5, 0.6) is 5.75 Å². The first-order valence-corrected chi connectivity index (χ1v) is 10.8. The van der Waals surface area contributed by atoms with Crippen LogP contribution < -0.4 is 4.74 Å². The van der Waals surface area contributed by atoms with Gasteiger partial charge in [-0.15, -0.1) is 0 Å². The quantitative estimate of drug-likeness (QED) is 0.401. The van der Waals surface area contributed by atoms with Crippen molar-refractivity contribution in [2.24, 2.45) is 0 Å². The molecule has 2 atom stereocenters. The predicted molar refractivity (Wildman–Crippen MR) is 121 cm³/mol. The fourth-order valence-corrected chi connectivity index (χ4v) is 3.96. The van der Waals surface area contributed by atoms with Crippen LogP contribution in [0, 0.1) is 0 Å². The Labute approximate surface area is 191 Å². The second kappa shape index (κ2) is 9.12. The lowest BCUT2D eigenvalue weighted by Crippen LogP contribution is -2.34. The van der Waals surface area contributed by atoms with Crippen LogP contribution in [0.1, 0.15) is 5.56 Å². The minimum Gasteiger partial charge on any atom is -0.490 e. The Morgan fingerprint density at radius 2 is 1.78 bits per heavy atom. The average Bonchev–Trinajstić information content (AvgIpc) is 3.50. The number of rotatable bonds is 7. The van der Waals surface area contributed by atoms with Gasteiger partial charge in [0.25, 0.3) is 0 Å². The van der Waals surface area contributed by atoms with Gasteiger partial charge in [-0.2, -0.15) is 5.10 Å². The summed E-state index contributed by atoms with van der Waals surface area (Å²) >= 11 is 6.09. The van der Waals surface area contributed by atoms with Gasteiger partial charge in [-0.3, -0.25) is 0 Å². The normalized spacial score (nSPS) is 20.3. The third-order valence-electron chi connectivity index (χ3n) is 5.38. The summed E-state index contributed by atoms with van der Waals surface area (Å²) in [4.78, 5) is 4.03. The number of nitrogens with zero attached hydrogens (tertiary/aromatic N) is 3. The number of halogens is 1. The molecule has 0 amide bonds. The third-order valence-corrected chi connectivity index (χ3v) is 5.63. The van der Waals surface area contributed by atoms with Gasteiger partial charge in [0.15, 0.2) is 0 Å². The van der Waals surface area contributed by atoms with Crippen molar-refractivity contribution in [3.8, 4) is 16.9 Å². The molecule has 6 nitrogen and oxygen atoms in total. The Bertz CT molecular complexity index is 1150. The number of para-hydroxylation sites is 1. The van der Waals surface area contributed by atoms with Crippen LogP contribution in [-0.4, -0.2) is 34.1 Å². The van der Waals surface area contributed by atoms with Crippen molar-refractivity contribution in [2.75, 3.05) is 13.2 Å². The standard InChI is InChI=1S/C25H22ClN3O3/c26-21-12-10-20(11-13-21)25(16-29-18-27-17-28-29)31-15-22(32-25)14-30-24-9-5-4-8-23(24)19-6-2-1-3-7-19/h1-13,17-18,22H,14-16H2. The summed E-state index contributed by atoms with van der Waals surface area (Å²) in [6, 6.07) is 25.7. The van der Waals surface area contributed by atoms with Crippen LogP contribution in [0.25, 0.3) is 11.1 Å². The van der Waals surface area contributed by atoms with Gasteiger partial charge in [-0.1, -0.05) is 72.3 Å². The molecule has 5 rings (SSSR count). The molecule has 1 saturated heterocycles. The van der Waals surface area contributed by atoms with E-state index < -0.39 is 5.79 Å². The molecular formula is C25H22ClN3O3. The van der Waals surface area contributed by atoms with E-state index in [0.29, 0.717) is 24.8 Å². The SMILES string of the molecule is Clc1ccc(C2(Cn3cncn3)OCC(COc3ccccc3-c3ccccc3)O2)cc1. The Morgan fingerprint density at radius 3 is 2.56 bits per heavy atom. The summed E-state index contributed by atoms with van der Waals surface area (Å²) in [5.41, 5.74) is 3.01. The summed E-state index contributed by atoms with van der Waals surface area (Å²) in [6.45, 7) is 1.12. The van der Waals surface area contributed by atoms with Crippen molar-refractivity contribution in [3.63, 3.8) is 0 Å². The number of benzene rings is 3. The molecule has 1 aliphatic rings. The minimum atomic E-state index is -0.995. The van der Waals surface area contributed by atoms with Crippen molar-refractivity contribution < 1.29 is 14.2 Å². The molecule has 2 unspecified atom stereocenters. The maximum Gasteiger partial charge on any atom is 0.215 e. The largest absolute Gasteiger partial charge is 0.490 e. The Morgan fingerprint density at radius 1 is 1.00 bits per heavy atom. The Hall–Kier alpha value is -3.19. The lowest BCUT2D eigenvalue weighted by Gasteiger charge is -2.28. The van der Waals surface area contributed by atoms with Gasteiger partial charge in [-0.05, 0) is 23.8 Å². The number of hydrogen-bond donors (Lipinski definition) is 0. The van der Waals surface area contributed by atoms with Gasteiger partial charge in [0, 0.05) is 16.1 Å². The van der Waals surface area contributed by atoms with Crippen LogP contribution in [-0.2, 0) is 21.8 Å². The first-order chi connectivity index (χ1) is 15.7. The molecule has 0 radical (unpaired) electrons. The van der Waals surface area contributed by atoms with E-state index >= 15 is 0 Å². The van der Waals surface area contributed by atoms with Crippen molar-refractivity contribution in [2.45, 2.75) is 18.4 Å². The van der Waals surface area contributed by atoms with Crippen LogP contribution in [0.2, 0.25) is 5.02 Å². The van der Waals surface area contributed by atoms with Crippen molar-refractivity contribution in [3.05, 3.63) is 102 Å². The van der Waals surface area contributed by atoms with Crippen LogP contribution >= 0.6 is 11.6 Å². The molecule has 4 aromatic rings. The second-order valence-electron chi connectivity index (χ2n) is 7.58. The highest BCUT2D eigenvalue weighted by atomic mass is 35.5. The van der Waals surface area contributed by atoms with E-state index in [9.17, 15) is 0 Å². The van der Waals surface area contributed by atoms with E-state index in [0.717, 1.165) is 22.4 Å². The number of ether oxygens (including phenoxy) is 3. The van der Waals surface area contributed by atoms with Crippen molar-refractivity contribution in [1.82, 2.24) is 14.8 Å². The molecule has 0 aliphatic carbocycles. The maximum absolute atomic E-state index is 6.44. The zero-order chi connectivity index (χ0) is 21.8. The molecule has 162 valence electrons. The van der Waals surface area contributed by atoms with Gasteiger partial charge >= 0.3 is 0 Å². The average molecular weight is 448 g/mol. The molecular weight excluding hydrogens is 426 g/mol. The molecule has 1 fully saturated rings. The highest BCUT2D eigenvalue weighted by Gasteiger charge is 2.44. The van der Waals surface area contributed by atoms with Crippen LogP contribution in [0.4, 0.5) is 0 Å². The van der Waals surface area contributed by atoms with E-state index in [1.54, 1.807) is 11.0 Å². The van der Waals surface area contributed by atoms with Gasteiger partial charge in [0.1, 0.15) is 37.7 Å². The molecule has 1 aliphatic heterocycles. The lowest BCUT2D eigenvalue weighted by molar-refractivity contribution is -0.190.